The molecular weight excluding hydrogens is 442 g/mol. The second-order valence-corrected chi connectivity index (χ2v) is 8.45. The molecule has 4 heterocycles. The predicted octanol–water partition coefficient (Wildman–Crippen LogP) is -0.163. The molecule has 2 atom stereocenters. The zero-order valence-corrected chi connectivity index (χ0v) is 16.7. The van der Waals surface area contributed by atoms with E-state index in [1.54, 1.807) is 0 Å². The number of nitrogen functional groups attached to an aromatic ring is 1. The van der Waals surface area contributed by atoms with Gasteiger partial charge in [0.2, 0.25) is 0 Å². The summed E-state index contributed by atoms with van der Waals surface area (Å²) >= 11 is 3.67. The highest BCUT2D eigenvalue weighted by atomic mass is 32.2. The van der Waals surface area contributed by atoms with Crippen LogP contribution in [0.2, 0.25) is 0 Å². The molecule has 1 saturated heterocycles. The molecule has 4 rings (SSSR count). The number of nitrogens with two attached hydrogens (primary N) is 1. The molecule has 1 fully saturated rings. The van der Waals surface area contributed by atoms with Crippen LogP contribution in [0.3, 0.4) is 0 Å². The van der Waals surface area contributed by atoms with E-state index in [0.29, 0.717) is 21.5 Å². The van der Waals surface area contributed by atoms with Gasteiger partial charge in [-0.05, 0) is 0 Å². The SMILES string of the molecule is Nc1nc(O/N=C/C(=O)NC2C(=O)N3C(C(=O)O)=C(c4nncs4)CSC23)cs1. The molecule has 2 unspecified atom stereocenters. The zero-order chi connectivity index (χ0) is 20.5. The Labute approximate surface area is 174 Å². The molecule has 0 saturated carbocycles. The molecule has 150 valence electrons. The van der Waals surface area contributed by atoms with Gasteiger partial charge in [-0.3, -0.25) is 14.5 Å². The van der Waals surface area contributed by atoms with Crippen molar-refractivity contribution >= 4 is 69.1 Å². The van der Waals surface area contributed by atoms with Crippen molar-refractivity contribution in [2.24, 2.45) is 5.16 Å². The van der Waals surface area contributed by atoms with Crippen LogP contribution >= 0.6 is 34.4 Å². The lowest BCUT2D eigenvalue weighted by Crippen LogP contribution is -2.70. The molecule has 0 bridgehead atoms. The van der Waals surface area contributed by atoms with E-state index < -0.39 is 29.2 Å². The Bertz CT molecular complexity index is 1030. The number of β-lactam (4-membered cyclic amide) rings is 1. The molecule has 2 aromatic rings. The summed E-state index contributed by atoms with van der Waals surface area (Å²) in [6.07, 6.45) is 0.861. The number of carboxylic acids is 1. The minimum atomic E-state index is -1.24. The third kappa shape index (κ3) is 3.66. The van der Waals surface area contributed by atoms with E-state index in [-0.39, 0.29) is 11.6 Å². The molecule has 4 N–H and O–H groups in total. The van der Waals surface area contributed by atoms with Gasteiger partial charge < -0.3 is 21.0 Å². The largest absolute Gasteiger partial charge is 0.477 e. The molecule has 2 amide bonds. The van der Waals surface area contributed by atoms with E-state index in [0.717, 1.165) is 22.5 Å². The first-order valence-corrected chi connectivity index (χ1v) is 10.7. The summed E-state index contributed by atoms with van der Waals surface area (Å²) in [4.78, 5) is 46.2. The number of hydrogen-bond donors (Lipinski definition) is 3. The number of nitrogens with one attached hydrogen (secondary N) is 1. The fourth-order valence-electron chi connectivity index (χ4n) is 2.72. The number of oxime groups is 1. The average molecular weight is 453 g/mol. The van der Waals surface area contributed by atoms with Crippen LogP contribution in [0, 0.1) is 0 Å². The Balaban J connectivity index is 1.43. The summed E-state index contributed by atoms with van der Waals surface area (Å²) in [5, 5.41) is 24.9. The van der Waals surface area contributed by atoms with Crippen LogP contribution in [-0.4, -0.2) is 66.4 Å². The summed E-state index contributed by atoms with van der Waals surface area (Å²) < 4.78 is 0. The molecule has 0 spiro atoms. The van der Waals surface area contributed by atoms with Crippen LogP contribution in [0.1, 0.15) is 5.01 Å². The van der Waals surface area contributed by atoms with Crippen molar-refractivity contribution in [3.63, 3.8) is 0 Å². The Morgan fingerprint density at radius 2 is 2.28 bits per heavy atom. The summed E-state index contributed by atoms with van der Waals surface area (Å²) in [5.41, 5.74) is 7.23. The van der Waals surface area contributed by atoms with E-state index in [2.05, 4.69) is 25.7 Å². The summed E-state index contributed by atoms with van der Waals surface area (Å²) in [6.45, 7) is 0. The van der Waals surface area contributed by atoms with Gasteiger partial charge in [-0.1, -0.05) is 5.16 Å². The average Bonchev–Trinajstić information content (AvgIpc) is 3.36. The van der Waals surface area contributed by atoms with E-state index in [9.17, 15) is 19.5 Å². The lowest BCUT2D eigenvalue weighted by molar-refractivity contribution is -0.149. The quantitative estimate of drug-likeness (QED) is 0.303. The number of aromatic nitrogens is 3. The number of anilines is 1. The second-order valence-electron chi connectivity index (χ2n) is 5.62. The monoisotopic (exact) mass is 453 g/mol. The minimum absolute atomic E-state index is 0.140. The number of fused-ring (bicyclic) bond motifs is 1. The number of thioether (sulfide) groups is 1. The van der Waals surface area contributed by atoms with Crippen LogP contribution in [0.25, 0.3) is 5.57 Å². The highest BCUT2D eigenvalue weighted by molar-refractivity contribution is 8.00. The van der Waals surface area contributed by atoms with Crippen molar-refractivity contribution in [3.05, 3.63) is 21.6 Å². The van der Waals surface area contributed by atoms with Gasteiger partial charge in [0, 0.05) is 11.3 Å². The van der Waals surface area contributed by atoms with Gasteiger partial charge in [0.1, 0.15) is 33.8 Å². The van der Waals surface area contributed by atoms with E-state index in [4.69, 9.17) is 10.6 Å². The molecule has 29 heavy (non-hydrogen) atoms. The number of rotatable bonds is 6. The molecule has 0 radical (unpaired) electrons. The first kappa shape index (κ1) is 19.3. The number of amides is 2. The van der Waals surface area contributed by atoms with Crippen molar-refractivity contribution in [1.82, 2.24) is 25.4 Å². The topological polar surface area (TPSA) is 173 Å². The molecule has 0 aromatic carbocycles. The van der Waals surface area contributed by atoms with Crippen LogP contribution in [0.15, 0.2) is 21.7 Å². The molecule has 15 heteroatoms. The Kier molecular flexibility index (Phi) is 5.16. The number of nitrogens with zero attached hydrogens (tertiary/aromatic N) is 5. The number of thiazole rings is 1. The molecular formula is C14H11N7O5S3. The van der Waals surface area contributed by atoms with Crippen LogP contribution in [-0.2, 0) is 14.4 Å². The number of aliphatic carboxylic acids is 1. The van der Waals surface area contributed by atoms with Gasteiger partial charge in [-0.2, -0.15) is 4.98 Å². The van der Waals surface area contributed by atoms with E-state index in [1.165, 1.54) is 34.0 Å². The van der Waals surface area contributed by atoms with Crippen molar-refractivity contribution in [3.8, 4) is 5.88 Å². The van der Waals surface area contributed by atoms with Crippen molar-refractivity contribution in [2.45, 2.75) is 11.4 Å². The fraction of sp³-hybridized carbons (Fsp3) is 0.214. The van der Waals surface area contributed by atoms with Gasteiger partial charge in [0.15, 0.2) is 5.13 Å². The Morgan fingerprint density at radius 3 is 2.93 bits per heavy atom. The first-order valence-electron chi connectivity index (χ1n) is 7.85. The fourth-order valence-corrected chi connectivity index (χ4v) is 5.22. The standard InChI is InChI=1S/C14H11N7O5S3/c15-14-19-7(3-28-14)26-17-1-6(22)18-8-11(23)21-9(13(24)25)5(2-27-12(8)21)10-20-16-4-29-10/h1,3-4,8,12H,2H2,(H2,15,19)(H,18,22)(H,24,25)/b17-1+. The highest BCUT2D eigenvalue weighted by Crippen LogP contribution is 2.43. The maximum atomic E-state index is 12.5. The lowest BCUT2D eigenvalue weighted by atomic mass is 10.0. The summed E-state index contributed by atoms with van der Waals surface area (Å²) in [6, 6.07) is -0.876. The highest BCUT2D eigenvalue weighted by Gasteiger charge is 2.54. The summed E-state index contributed by atoms with van der Waals surface area (Å²) in [7, 11) is 0. The number of carbonyl (C=O) groups excluding carboxylic acids is 2. The van der Waals surface area contributed by atoms with Gasteiger partial charge in [0.05, 0.1) is 5.38 Å². The van der Waals surface area contributed by atoms with E-state index >= 15 is 0 Å². The number of carboxylic acid groups (broad SMARTS) is 1. The third-order valence-electron chi connectivity index (χ3n) is 3.90. The van der Waals surface area contributed by atoms with Gasteiger partial charge >= 0.3 is 5.97 Å². The van der Waals surface area contributed by atoms with Crippen molar-refractivity contribution in [1.29, 1.82) is 0 Å². The van der Waals surface area contributed by atoms with Gasteiger partial charge in [-0.25, -0.2) is 4.79 Å². The molecule has 0 aliphatic carbocycles. The van der Waals surface area contributed by atoms with Crippen molar-refractivity contribution < 1.29 is 24.3 Å². The smallest absolute Gasteiger partial charge is 0.353 e. The van der Waals surface area contributed by atoms with Gasteiger partial charge in [0.25, 0.3) is 17.7 Å². The maximum absolute atomic E-state index is 12.5. The molecule has 2 aliphatic heterocycles. The van der Waals surface area contributed by atoms with Gasteiger partial charge in [-0.15, -0.1) is 44.6 Å². The maximum Gasteiger partial charge on any atom is 0.353 e. The number of carbonyl (C=O) groups is 3. The second kappa shape index (κ2) is 7.76. The normalized spacial score (nSPS) is 21.1. The minimum Gasteiger partial charge on any atom is -0.477 e. The predicted molar refractivity (Wildman–Crippen MR) is 105 cm³/mol. The zero-order valence-electron chi connectivity index (χ0n) is 14.2. The first-order chi connectivity index (χ1) is 14.0. The van der Waals surface area contributed by atoms with Crippen molar-refractivity contribution in [2.75, 3.05) is 11.5 Å². The van der Waals surface area contributed by atoms with Crippen LogP contribution in [0.5, 0.6) is 5.88 Å². The molecule has 2 aliphatic rings. The Morgan fingerprint density at radius 1 is 1.45 bits per heavy atom. The molecule has 2 aromatic heterocycles. The number of hydrogen-bond acceptors (Lipinski definition) is 12. The van der Waals surface area contributed by atoms with Crippen LogP contribution < -0.4 is 15.9 Å². The third-order valence-corrected chi connectivity index (χ3v) is 6.59. The molecule has 12 nitrogen and oxygen atoms in total. The summed E-state index contributed by atoms with van der Waals surface area (Å²) in [5.74, 6) is -1.97. The Hall–Kier alpha value is -3.04. The van der Waals surface area contributed by atoms with Crippen LogP contribution in [0.4, 0.5) is 5.13 Å². The van der Waals surface area contributed by atoms with E-state index in [1.807, 2.05) is 0 Å². The lowest BCUT2D eigenvalue weighted by Gasteiger charge is -2.49.